The van der Waals surface area contributed by atoms with E-state index >= 15 is 0 Å². The Hall–Kier alpha value is -1.91. The molecule has 23 heavy (non-hydrogen) atoms. The van der Waals surface area contributed by atoms with Crippen molar-refractivity contribution in [3.63, 3.8) is 0 Å². The summed E-state index contributed by atoms with van der Waals surface area (Å²) in [6.07, 6.45) is 3.05. The predicted octanol–water partition coefficient (Wildman–Crippen LogP) is 2.78. The first kappa shape index (κ1) is 16.0. The van der Waals surface area contributed by atoms with Gasteiger partial charge in [-0.05, 0) is 49.2 Å². The second kappa shape index (κ2) is 7.57. The Labute approximate surface area is 138 Å². The number of aryl methyl sites for hydroxylation is 1. The Morgan fingerprint density at radius 1 is 1.17 bits per heavy atom. The monoisotopic (exact) mass is 311 g/mol. The van der Waals surface area contributed by atoms with Crippen molar-refractivity contribution in [1.82, 2.24) is 15.2 Å². The highest BCUT2D eigenvalue weighted by Gasteiger charge is 2.25. The quantitative estimate of drug-likeness (QED) is 0.942. The molecule has 1 aromatic carbocycles. The summed E-state index contributed by atoms with van der Waals surface area (Å²) in [7, 11) is 1.72. The highest BCUT2D eigenvalue weighted by atomic mass is 16.5. The molecule has 2 heterocycles. The number of ether oxygens (including phenoxy) is 1. The molecule has 0 aliphatic carbocycles. The van der Waals surface area contributed by atoms with Crippen LogP contribution in [-0.2, 0) is 0 Å². The van der Waals surface area contributed by atoms with Gasteiger partial charge in [0.15, 0.2) is 0 Å². The summed E-state index contributed by atoms with van der Waals surface area (Å²) in [5.74, 6) is 0.897. The molecule has 1 N–H and O–H groups in total. The Balaban J connectivity index is 2.03. The van der Waals surface area contributed by atoms with Crippen LogP contribution in [0.25, 0.3) is 0 Å². The lowest BCUT2D eigenvalue weighted by molar-refractivity contribution is 0.236. The number of hydrogen-bond donors (Lipinski definition) is 1. The average molecular weight is 311 g/mol. The topological polar surface area (TPSA) is 37.4 Å². The van der Waals surface area contributed by atoms with E-state index in [0.717, 1.165) is 44.0 Å². The first-order valence-corrected chi connectivity index (χ1v) is 8.30. The molecule has 2 aromatic rings. The van der Waals surface area contributed by atoms with Crippen molar-refractivity contribution in [2.24, 2.45) is 0 Å². The van der Waals surface area contributed by atoms with Crippen molar-refractivity contribution in [1.29, 1.82) is 0 Å². The van der Waals surface area contributed by atoms with E-state index in [1.54, 1.807) is 7.11 Å². The number of pyridine rings is 1. The molecule has 4 nitrogen and oxygen atoms in total. The van der Waals surface area contributed by atoms with E-state index in [0.29, 0.717) is 0 Å². The summed E-state index contributed by atoms with van der Waals surface area (Å²) in [5, 5.41) is 3.49. The van der Waals surface area contributed by atoms with Gasteiger partial charge >= 0.3 is 0 Å². The summed E-state index contributed by atoms with van der Waals surface area (Å²) < 4.78 is 5.43. The lowest BCUT2D eigenvalue weighted by atomic mass is 9.97. The molecule has 3 rings (SSSR count). The molecule has 1 saturated heterocycles. The second-order valence-corrected chi connectivity index (χ2v) is 6.02. The van der Waals surface area contributed by atoms with Crippen LogP contribution in [0.5, 0.6) is 5.75 Å². The maximum absolute atomic E-state index is 5.43. The first-order valence-electron chi connectivity index (χ1n) is 8.30. The summed E-state index contributed by atoms with van der Waals surface area (Å²) in [4.78, 5) is 7.25. The van der Waals surface area contributed by atoms with E-state index in [1.165, 1.54) is 11.1 Å². The fraction of sp³-hybridized carbons (Fsp3) is 0.421. The standard InChI is InChI=1S/C19H25N3O/c1-15-6-4-10-21-18(15)19(22-12-5-9-20-11-13-22)16-7-3-8-17(14-16)23-2/h3-4,6-8,10,14,19-20H,5,9,11-13H2,1-2H3. The minimum Gasteiger partial charge on any atom is -0.497 e. The fourth-order valence-corrected chi connectivity index (χ4v) is 3.26. The fourth-order valence-electron chi connectivity index (χ4n) is 3.26. The van der Waals surface area contributed by atoms with Gasteiger partial charge in [-0.2, -0.15) is 0 Å². The zero-order valence-corrected chi connectivity index (χ0v) is 14.0. The van der Waals surface area contributed by atoms with E-state index in [9.17, 15) is 0 Å². The molecule has 1 aromatic heterocycles. The average Bonchev–Trinajstić information content (AvgIpc) is 2.86. The third kappa shape index (κ3) is 3.71. The van der Waals surface area contributed by atoms with Crippen molar-refractivity contribution >= 4 is 0 Å². The normalized spacial score (nSPS) is 17.5. The number of methoxy groups -OCH3 is 1. The number of hydrogen-bond acceptors (Lipinski definition) is 4. The number of aromatic nitrogens is 1. The van der Waals surface area contributed by atoms with Crippen LogP contribution in [-0.4, -0.2) is 43.2 Å². The SMILES string of the molecule is COc1cccc(C(c2ncccc2C)N2CCCNCC2)c1. The highest BCUT2D eigenvalue weighted by Crippen LogP contribution is 2.31. The zero-order chi connectivity index (χ0) is 16.1. The van der Waals surface area contributed by atoms with Gasteiger partial charge in [-0.15, -0.1) is 0 Å². The van der Waals surface area contributed by atoms with E-state index in [2.05, 4.69) is 41.4 Å². The van der Waals surface area contributed by atoms with Crippen LogP contribution in [0.3, 0.4) is 0 Å². The number of nitrogens with one attached hydrogen (secondary N) is 1. The van der Waals surface area contributed by atoms with Gasteiger partial charge in [0.1, 0.15) is 5.75 Å². The molecule has 0 bridgehead atoms. The maximum atomic E-state index is 5.43. The van der Waals surface area contributed by atoms with Gasteiger partial charge in [0.05, 0.1) is 18.8 Å². The third-order valence-electron chi connectivity index (χ3n) is 4.46. The molecule has 1 unspecified atom stereocenters. The Morgan fingerprint density at radius 3 is 2.91 bits per heavy atom. The van der Waals surface area contributed by atoms with Gasteiger partial charge in [-0.1, -0.05) is 18.2 Å². The van der Waals surface area contributed by atoms with Crippen molar-refractivity contribution in [3.05, 3.63) is 59.4 Å². The van der Waals surface area contributed by atoms with Crippen LogP contribution in [0.1, 0.15) is 29.3 Å². The molecule has 0 radical (unpaired) electrons. The van der Waals surface area contributed by atoms with E-state index in [4.69, 9.17) is 9.72 Å². The molecule has 122 valence electrons. The predicted molar refractivity (Wildman–Crippen MR) is 92.9 cm³/mol. The summed E-state index contributed by atoms with van der Waals surface area (Å²) >= 11 is 0. The first-order chi connectivity index (χ1) is 11.3. The third-order valence-corrected chi connectivity index (χ3v) is 4.46. The molecular formula is C19H25N3O. The van der Waals surface area contributed by atoms with Crippen LogP contribution in [0.2, 0.25) is 0 Å². The smallest absolute Gasteiger partial charge is 0.119 e. The molecular weight excluding hydrogens is 286 g/mol. The molecule has 1 atom stereocenters. The van der Waals surface area contributed by atoms with Crippen LogP contribution in [0, 0.1) is 6.92 Å². The molecule has 1 aliphatic heterocycles. The van der Waals surface area contributed by atoms with Crippen LogP contribution >= 0.6 is 0 Å². The van der Waals surface area contributed by atoms with E-state index in [-0.39, 0.29) is 6.04 Å². The molecule has 1 fully saturated rings. The zero-order valence-electron chi connectivity index (χ0n) is 14.0. The summed E-state index contributed by atoms with van der Waals surface area (Å²) in [6, 6.07) is 12.7. The lowest BCUT2D eigenvalue weighted by Gasteiger charge is -2.31. The number of benzene rings is 1. The van der Waals surface area contributed by atoms with Gasteiger partial charge in [0, 0.05) is 25.8 Å². The highest BCUT2D eigenvalue weighted by molar-refractivity contribution is 5.37. The molecule has 1 aliphatic rings. The largest absolute Gasteiger partial charge is 0.497 e. The van der Waals surface area contributed by atoms with Crippen molar-refractivity contribution < 1.29 is 4.74 Å². The maximum Gasteiger partial charge on any atom is 0.119 e. The van der Waals surface area contributed by atoms with Gasteiger partial charge in [0.2, 0.25) is 0 Å². The Bertz CT molecular complexity index is 636. The second-order valence-electron chi connectivity index (χ2n) is 6.02. The minimum atomic E-state index is 0.172. The number of rotatable bonds is 4. The van der Waals surface area contributed by atoms with Crippen LogP contribution in [0.4, 0.5) is 0 Å². The minimum absolute atomic E-state index is 0.172. The Kier molecular flexibility index (Phi) is 5.26. The van der Waals surface area contributed by atoms with Gasteiger partial charge in [0.25, 0.3) is 0 Å². The molecule has 0 amide bonds. The van der Waals surface area contributed by atoms with Crippen molar-refractivity contribution in [3.8, 4) is 5.75 Å². The summed E-state index contributed by atoms with van der Waals surface area (Å²) in [6.45, 7) is 6.35. The Morgan fingerprint density at radius 2 is 2.09 bits per heavy atom. The summed E-state index contributed by atoms with van der Waals surface area (Å²) in [5.41, 5.74) is 3.62. The van der Waals surface area contributed by atoms with Gasteiger partial charge in [-0.25, -0.2) is 0 Å². The van der Waals surface area contributed by atoms with Gasteiger partial charge in [-0.3, -0.25) is 9.88 Å². The van der Waals surface area contributed by atoms with Crippen LogP contribution in [0.15, 0.2) is 42.6 Å². The molecule has 0 saturated carbocycles. The van der Waals surface area contributed by atoms with Crippen LogP contribution < -0.4 is 10.1 Å². The van der Waals surface area contributed by atoms with Crippen molar-refractivity contribution in [2.75, 3.05) is 33.3 Å². The molecule has 4 heteroatoms. The lowest BCUT2D eigenvalue weighted by Crippen LogP contribution is -2.33. The molecule has 0 spiro atoms. The van der Waals surface area contributed by atoms with Gasteiger partial charge < -0.3 is 10.1 Å². The van der Waals surface area contributed by atoms with E-state index < -0.39 is 0 Å². The van der Waals surface area contributed by atoms with E-state index in [1.807, 2.05) is 18.3 Å². The van der Waals surface area contributed by atoms with Crippen molar-refractivity contribution in [2.45, 2.75) is 19.4 Å². The number of nitrogens with zero attached hydrogens (tertiary/aromatic N) is 2.